The van der Waals surface area contributed by atoms with Gasteiger partial charge >= 0.3 is 5.97 Å². The average Bonchev–Trinajstić information content (AvgIpc) is 3.29. The molecule has 2 rings (SSSR count). The highest BCUT2D eigenvalue weighted by Crippen LogP contribution is 2.21. The Balaban J connectivity index is 2.02. The number of rotatable bonds is 10. The summed E-state index contributed by atoms with van der Waals surface area (Å²) in [5.41, 5.74) is 0.389. The molecular formula is C25H37N3O6. The van der Waals surface area contributed by atoms with Gasteiger partial charge in [-0.05, 0) is 48.9 Å². The van der Waals surface area contributed by atoms with Crippen LogP contribution in [0.5, 0.6) is 5.75 Å². The molecule has 188 valence electrons. The summed E-state index contributed by atoms with van der Waals surface area (Å²) in [6.07, 6.45) is 1.24. The van der Waals surface area contributed by atoms with E-state index in [1.165, 1.54) is 6.92 Å². The predicted octanol–water partition coefficient (Wildman–Crippen LogP) is 2.14. The summed E-state index contributed by atoms with van der Waals surface area (Å²) in [6.45, 7) is 9.40. The first-order valence-electron chi connectivity index (χ1n) is 11.7. The van der Waals surface area contributed by atoms with Gasteiger partial charge in [-0.25, -0.2) is 4.79 Å². The molecule has 1 fully saturated rings. The summed E-state index contributed by atoms with van der Waals surface area (Å²) in [4.78, 5) is 51.8. The van der Waals surface area contributed by atoms with Gasteiger partial charge in [-0.2, -0.15) is 0 Å². The zero-order valence-electron chi connectivity index (χ0n) is 20.9. The highest BCUT2D eigenvalue weighted by Gasteiger charge is 2.39. The fourth-order valence-corrected chi connectivity index (χ4v) is 3.87. The van der Waals surface area contributed by atoms with Gasteiger partial charge in [0.25, 0.3) is 0 Å². The SMILES string of the molecule is COc1ccc(C(=O)OC[C@@H](NC(=O)[C@@H]2CCCN2C(=O)[C@@H](NC(C)=O)C(C)C)C(C)C)cc1. The van der Waals surface area contributed by atoms with Gasteiger partial charge in [0.05, 0.1) is 18.7 Å². The number of carbonyl (C=O) groups is 4. The molecule has 0 radical (unpaired) electrons. The Morgan fingerprint density at radius 3 is 2.21 bits per heavy atom. The third-order valence-corrected chi connectivity index (χ3v) is 5.98. The van der Waals surface area contributed by atoms with Crippen molar-refractivity contribution in [1.82, 2.24) is 15.5 Å². The third kappa shape index (κ3) is 7.20. The van der Waals surface area contributed by atoms with Crippen LogP contribution < -0.4 is 15.4 Å². The van der Waals surface area contributed by atoms with E-state index in [2.05, 4.69) is 10.6 Å². The molecule has 1 aliphatic heterocycles. The van der Waals surface area contributed by atoms with Crippen LogP contribution in [-0.4, -0.2) is 67.0 Å². The summed E-state index contributed by atoms with van der Waals surface area (Å²) >= 11 is 0. The van der Waals surface area contributed by atoms with Gasteiger partial charge in [0.2, 0.25) is 17.7 Å². The molecular weight excluding hydrogens is 438 g/mol. The molecule has 1 aromatic rings. The molecule has 3 amide bonds. The Bertz CT molecular complexity index is 868. The van der Waals surface area contributed by atoms with Crippen LogP contribution in [0.1, 0.15) is 57.8 Å². The molecule has 1 heterocycles. The first kappa shape index (κ1) is 27.1. The maximum absolute atomic E-state index is 13.1. The standard InChI is InChI=1S/C25H37N3O6/c1-15(2)20(14-34-25(32)18-9-11-19(33-6)12-10-18)27-23(30)21-8-7-13-28(21)24(31)22(16(3)4)26-17(5)29/h9-12,15-16,20-22H,7-8,13-14H2,1-6H3,(H,26,29)(H,27,30)/t20-,21+,22+/m1/s1. The number of hydrogen-bond donors (Lipinski definition) is 2. The first-order chi connectivity index (χ1) is 16.0. The smallest absolute Gasteiger partial charge is 0.338 e. The molecule has 9 nitrogen and oxygen atoms in total. The fourth-order valence-electron chi connectivity index (χ4n) is 3.87. The molecule has 0 aliphatic carbocycles. The van der Waals surface area contributed by atoms with Crippen molar-refractivity contribution in [2.24, 2.45) is 11.8 Å². The first-order valence-corrected chi connectivity index (χ1v) is 11.7. The van der Waals surface area contributed by atoms with Crippen molar-refractivity contribution in [1.29, 1.82) is 0 Å². The maximum atomic E-state index is 13.1. The van der Waals surface area contributed by atoms with Gasteiger partial charge in [-0.3, -0.25) is 14.4 Å². The van der Waals surface area contributed by atoms with E-state index in [9.17, 15) is 19.2 Å². The number of esters is 1. The Morgan fingerprint density at radius 2 is 1.68 bits per heavy atom. The lowest BCUT2D eigenvalue weighted by Crippen LogP contribution is -2.56. The fraction of sp³-hybridized carbons (Fsp3) is 0.600. The number of hydrogen-bond acceptors (Lipinski definition) is 6. The quantitative estimate of drug-likeness (QED) is 0.501. The summed E-state index contributed by atoms with van der Waals surface area (Å²) in [5, 5.41) is 5.66. The monoisotopic (exact) mass is 475 g/mol. The third-order valence-electron chi connectivity index (χ3n) is 5.98. The molecule has 0 unspecified atom stereocenters. The minimum atomic E-state index is -0.683. The van der Waals surface area contributed by atoms with Gasteiger partial charge in [0, 0.05) is 13.5 Å². The van der Waals surface area contributed by atoms with Gasteiger partial charge in [-0.15, -0.1) is 0 Å². The molecule has 2 N–H and O–H groups in total. The van der Waals surface area contributed by atoms with Gasteiger partial charge in [0.1, 0.15) is 24.4 Å². The van der Waals surface area contributed by atoms with Gasteiger partial charge < -0.3 is 25.0 Å². The Hall–Kier alpha value is -3.10. The van der Waals surface area contributed by atoms with Crippen molar-refractivity contribution in [3.63, 3.8) is 0 Å². The second-order valence-electron chi connectivity index (χ2n) is 9.30. The van der Waals surface area contributed by atoms with E-state index in [1.54, 1.807) is 36.3 Å². The summed E-state index contributed by atoms with van der Waals surface area (Å²) in [7, 11) is 1.55. The lowest BCUT2D eigenvalue weighted by molar-refractivity contribution is -0.142. The lowest BCUT2D eigenvalue weighted by atomic mass is 10.0. The Labute approximate surface area is 201 Å². The number of benzene rings is 1. The minimum absolute atomic E-state index is 0.000893. The molecule has 0 bridgehead atoms. The Morgan fingerprint density at radius 1 is 1.03 bits per heavy atom. The van der Waals surface area contributed by atoms with E-state index in [1.807, 2.05) is 27.7 Å². The molecule has 1 saturated heterocycles. The minimum Gasteiger partial charge on any atom is -0.497 e. The van der Waals surface area contributed by atoms with Crippen molar-refractivity contribution >= 4 is 23.7 Å². The highest BCUT2D eigenvalue weighted by atomic mass is 16.5. The zero-order chi connectivity index (χ0) is 25.4. The van der Waals surface area contributed by atoms with Crippen molar-refractivity contribution in [3.8, 4) is 5.75 Å². The van der Waals surface area contributed by atoms with E-state index in [0.29, 0.717) is 30.7 Å². The average molecular weight is 476 g/mol. The molecule has 0 spiro atoms. The number of ether oxygens (including phenoxy) is 2. The van der Waals surface area contributed by atoms with E-state index in [0.717, 1.165) is 0 Å². The molecule has 34 heavy (non-hydrogen) atoms. The van der Waals surface area contributed by atoms with Crippen molar-refractivity contribution < 1.29 is 28.7 Å². The summed E-state index contributed by atoms with van der Waals surface area (Å²) in [5.74, 6) is -0.786. The number of nitrogens with one attached hydrogen (secondary N) is 2. The van der Waals surface area contributed by atoms with Crippen molar-refractivity contribution in [3.05, 3.63) is 29.8 Å². The molecule has 0 aromatic heterocycles. The van der Waals surface area contributed by atoms with E-state index in [-0.39, 0.29) is 36.2 Å². The van der Waals surface area contributed by atoms with Gasteiger partial charge in [-0.1, -0.05) is 27.7 Å². The van der Waals surface area contributed by atoms with Crippen LogP contribution in [0.4, 0.5) is 0 Å². The van der Waals surface area contributed by atoms with Crippen LogP contribution in [0.25, 0.3) is 0 Å². The number of likely N-dealkylation sites (tertiary alicyclic amines) is 1. The van der Waals surface area contributed by atoms with Crippen LogP contribution >= 0.6 is 0 Å². The summed E-state index contributed by atoms with van der Waals surface area (Å²) in [6, 6.07) is 4.87. The van der Waals surface area contributed by atoms with Crippen LogP contribution in [0.2, 0.25) is 0 Å². The van der Waals surface area contributed by atoms with E-state index < -0.39 is 24.1 Å². The largest absolute Gasteiger partial charge is 0.497 e. The number of amides is 3. The van der Waals surface area contributed by atoms with Crippen LogP contribution in [0.15, 0.2) is 24.3 Å². The molecule has 9 heteroatoms. The van der Waals surface area contributed by atoms with Crippen molar-refractivity contribution in [2.75, 3.05) is 20.3 Å². The van der Waals surface area contributed by atoms with Crippen molar-refractivity contribution in [2.45, 2.75) is 65.6 Å². The van der Waals surface area contributed by atoms with Crippen LogP contribution in [0.3, 0.4) is 0 Å². The topological polar surface area (TPSA) is 114 Å². The van der Waals surface area contributed by atoms with Gasteiger partial charge in [0.15, 0.2) is 0 Å². The second-order valence-corrected chi connectivity index (χ2v) is 9.30. The number of methoxy groups -OCH3 is 1. The Kier molecular flexibility index (Phi) is 9.89. The number of carbonyl (C=O) groups excluding carboxylic acids is 4. The molecule has 0 saturated carbocycles. The van der Waals surface area contributed by atoms with Crippen LogP contribution in [0, 0.1) is 11.8 Å². The second kappa shape index (κ2) is 12.4. The molecule has 1 aliphatic rings. The lowest BCUT2D eigenvalue weighted by Gasteiger charge is -2.31. The normalized spacial score (nSPS) is 17.3. The zero-order valence-corrected chi connectivity index (χ0v) is 20.9. The van der Waals surface area contributed by atoms with E-state index >= 15 is 0 Å². The molecule has 1 aromatic carbocycles. The number of nitrogens with zero attached hydrogens (tertiary/aromatic N) is 1. The molecule has 3 atom stereocenters. The predicted molar refractivity (Wildman–Crippen MR) is 127 cm³/mol. The van der Waals surface area contributed by atoms with E-state index in [4.69, 9.17) is 9.47 Å². The highest BCUT2D eigenvalue weighted by molar-refractivity contribution is 5.92. The summed E-state index contributed by atoms with van der Waals surface area (Å²) < 4.78 is 10.5. The maximum Gasteiger partial charge on any atom is 0.338 e. The van der Waals surface area contributed by atoms with Crippen LogP contribution in [-0.2, 0) is 19.1 Å².